The van der Waals surface area contributed by atoms with Crippen molar-refractivity contribution in [3.63, 3.8) is 0 Å². The van der Waals surface area contributed by atoms with Gasteiger partial charge in [0.1, 0.15) is 17.0 Å². The third-order valence-corrected chi connectivity index (χ3v) is 6.10. The number of hydrogen-bond donors (Lipinski definition) is 2. The molecule has 0 saturated heterocycles. The number of nitrogens with zero attached hydrogens (tertiary/aromatic N) is 3. The summed E-state index contributed by atoms with van der Waals surface area (Å²) in [6, 6.07) is 3.43. The van der Waals surface area contributed by atoms with Gasteiger partial charge in [0.15, 0.2) is 4.77 Å². The van der Waals surface area contributed by atoms with Crippen LogP contribution >= 0.6 is 12.2 Å². The summed E-state index contributed by atoms with van der Waals surface area (Å²) in [7, 11) is 3.33. The van der Waals surface area contributed by atoms with Gasteiger partial charge in [-0.25, -0.2) is 4.79 Å². The molecule has 176 valence electrons. The Labute approximate surface area is 196 Å². The van der Waals surface area contributed by atoms with Crippen molar-refractivity contribution in [1.29, 1.82) is 0 Å². The number of ether oxygens (including phenoxy) is 2. The number of methoxy groups -OCH3 is 1. The zero-order valence-electron chi connectivity index (χ0n) is 19.6. The molecule has 10 heteroatoms. The maximum absolute atomic E-state index is 12.8. The van der Waals surface area contributed by atoms with Crippen LogP contribution in [0.4, 0.5) is 5.69 Å². The van der Waals surface area contributed by atoms with Crippen molar-refractivity contribution in [2.75, 3.05) is 13.7 Å². The molecule has 1 aromatic carbocycles. The Kier molecular flexibility index (Phi) is 7.06. The lowest BCUT2D eigenvalue weighted by atomic mass is 10.1. The van der Waals surface area contributed by atoms with Gasteiger partial charge in [-0.15, -0.1) is 0 Å². The van der Waals surface area contributed by atoms with Gasteiger partial charge < -0.3 is 19.1 Å². The van der Waals surface area contributed by atoms with Crippen molar-refractivity contribution in [3.8, 4) is 11.6 Å². The van der Waals surface area contributed by atoms with E-state index in [2.05, 4.69) is 9.98 Å². The van der Waals surface area contributed by atoms with Gasteiger partial charge in [-0.05, 0) is 51.5 Å². The molecule has 2 heterocycles. The van der Waals surface area contributed by atoms with Crippen molar-refractivity contribution in [1.82, 2.24) is 14.1 Å². The van der Waals surface area contributed by atoms with Crippen LogP contribution in [0.3, 0.4) is 0 Å². The van der Waals surface area contributed by atoms with Gasteiger partial charge in [0, 0.05) is 30.4 Å². The Morgan fingerprint density at radius 3 is 2.67 bits per heavy atom. The summed E-state index contributed by atoms with van der Waals surface area (Å²) in [6.07, 6.45) is 1.96. The predicted molar refractivity (Wildman–Crippen MR) is 130 cm³/mol. The van der Waals surface area contributed by atoms with Crippen molar-refractivity contribution in [2.24, 2.45) is 12.0 Å². The average molecular weight is 473 g/mol. The van der Waals surface area contributed by atoms with Crippen LogP contribution in [0.5, 0.6) is 11.6 Å². The molecule has 9 nitrogen and oxygen atoms in total. The first-order valence-corrected chi connectivity index (χ1v) is 11.0. The number of aromatic amines is 1. The number of aryl methyl sites for hydroxylation is 1. The number of nitrogens with one attached hydrogen (secondary N) is 1. The summed E-state index contributed by atoms with van der Waals surface area (Å²) < 4.78 is 14.3. The van der Waals surface area contributed by atoms with Crippen molar-refractivity contribution in [3.05, 3.63) is 44.1 Å². The molecule has 3 aromatic rings. The number of H-pyrrole nitrogens is 1. The van der Waals surface area contributed by atoms with Crippen LogP contribution < -0.4 is 10.3 Å². The average Bonchev–Trinajstić information content (AvgIpc) is 3.03. The molecule has 0 radical (unpaired) electrons. The highest BCUT2D eigenvalue weighted by molar-refractivity contribution is 7.71. The molecular weight excluding hydrogens is 444 g/mol. The second kappa shape index (κ2) is 9.62. The molecule has 0 aliphatic carbocycles. The number of carbonyl (C=O) groups is 1. The molecule has 0 aliphatic heterocycles. The Bertz CT molecular complexity index is 1370. The van der Waals surface area contributed by atoms with Gasteiger partial charge in [-0.3, -0.25) is 19.3 Å². The molecule has 0 saturated carbocycles. The number of fused-ring (bicyclic) bond motifs is 1. The molecule has 0 fully saturated rings. The van der Waals surface area contributed by atoms with E-state index in [1.165, 1.54) is 17.9 Å². The van der Waals surface area contributed by atoms with Crippen LogP contribution in [0, 0.1) is 11.7 Å². The summed E-state index contributed by atoms with van der Waals surface area (Å²) in [5, 5.41) is 11.3. The van der Waals surface area contributed by atoms with Crippen LogP contribution in [0.15, 0.2) is 21.9 Å². The molecule has 0 amide bonds. The van der Waals surface area contributed by atoms with Gasteiger partial charge in [0.2, 0.25) is 5.88 Å². The fraction of sp³-hybridized carbons (Fsp3) is 0.391. The van der Waals surface area contributed by atoms with Crippen molar-refractivity contribution < 1.29 is 19.4 Å². The molecule has 1 atom stereocenters. The summed E-state index contributed by atoms with van der Waals surface area (Å²) in [6.45, 7) is 7.62. The number of rotatable bonds is 7. The lowest BCUT2D eigenvalue weighted by molar-refractivity contribution is 0.0527. The van der Waals surface area contributed by atoms with Crippen LogP contribution in [0.1, 0.15) is 54.8 Å². The molecule has 2 N–H and O–H groups in total. The van der Waals surface area contributed by atoms with E-state index in [0.717, 1.165) is 5.52 Å². The Balaban J connectivity index is 2.32. The smallest absolute Gasteiger partial charge is 0.340 e. The normalized spacial score (nSPS) is 12.4. The van der Waals surface area contributed by atoms with Crippen LogP contribution in [0.25, 0.3) is 10.9 Å². The van der Waals surface area contributed by atoms with Gasteiger partial charge in [-0.2, -0.15) is 0 Å². The Morgan fingerprint density at radius 2 is 2.06 bits per heavy atom. The minimum Gasteiger partial charge on any atom is -0.494 e. The number of carbonyl (C=O) groups excluding carboxylic acids is 1. The van der Waals surface area contributed by atoms with Gasteiger partial charge in [0.25, 0.3) is 5.56 Å². The van der Waals surface area contributed by atoms with E-state index in [1.54, 1.807) is 13.0 Å². The third-order valence-electron chi connectivity index (χ3n) is 5.80. The minimum atomic E-state index is -0.568. The standard InChI is InChI=1S/C23H28N4O5S/c1-7-12(3)27-21(29)14(20(28)25-23(27)33)11-24-19-16(31-6)10-9-15-18(19)17(13(4)26(15)5)22(30)32-8-2/h9-12,29H,7-8H2,1-6H3,(H,25,28,33)/t12-/m0/s1. The fourth-order valence-electron chi connectivity index (χ4n) is 3.75. The first kappa shape index (κ1) is 24.2. The molecule has 0 aliphatic rings. The van der Waals surface area contributed by atoms with Crippen LogP contribution in [-0.4, -0.2) is 45.1 Å². The fourth-order valence-corrected chi connectivity index (χ4v) is 4.11. The van der Waals surface area contributed by atoms with E-state index < -0.39 is 11.5 Å². The largest absolute Gasteiger partial charge is 0.494 e. The molecule has 2 aromatic heterocycles. The van der Waals surface area contributed by atoms with Crippen molar-refractivity contribution >= 4 is 41.0 Å². The highest BCUT2D eigenvalue weighted by Crippen LogP contribution is 2.40. The summed E-state index contributed by atoms with van der Waals surface area (Å²) in [4.78, 5) is 32.5. The maximum Gasteiger partial charge on any atom is 0.340 e. The van der Waals surface area contributed by atoms with E-state index in [9.17, 15) is 14.7 Å². The number of esters is 1. The van der Waals surface area contributed by atoms with E-state index in [4.69, 9.17) is 21.7 Å². The highest BCUT2D eigenvalue weighted by Gasteiger charge is 2.24. The lowest BCUT2D eigenvalue weighted by Gasteiger charge is -2.16. The third kappa shape index (κ3) is 4.18. The molecule has 3 rings (SSSR count). The number of hydrogen-bond acceptors (Lipinski definition) is 7. The number of aromatic hydroxyl groups is 1. The number of aliphatic imine (C=N–C) groups is 1. The van der Waals surface area contributed by atoms with E-state index in [0.29, 0.717) is 34.5 Å². The highest BCUT2D eigenvalue weighted by atomic mass is 32.1. The van der Waals surface area contributed by atoms with Crippen molar-refractivity contribution in [2.45, 2.75) is 40.2 Å². The molecule has 0 spiro atoms. The second-order valence-corrected chi connectivity index (χ2v) is 8.02. The zero-order valence-corrected chi connectivity index (χ0v) is 20.4. The zero-order chi connectivity index (χ0) is 24.4. The number of benzene rings is 1. The van der Waals surface area contributed by atoms with E-state index >= 15 is 0 Å². The summed E-state index contributed by atoms with van der Waals surface area (Å²) in [5.41, 5.74) is 1.55. The predicted octanol–water partition coefficient (Wildman–Crippen LogP) is 4.32. The second-order valence-electron chi connectivity index (χ2n) is 7.63. The molecule has 0 bridgehead atoms. The first-order valence-electron chi connectivity index (χ1n) is 10.6. The summed E-state index contributed by atoms with van der Waals surface area (Å²) in [5.74, 6) is -0.348. The maximum atomic E-state index is 12.8. The van der Waals surface area contributed by atoms with Gasteiger partial charge in [0.05, 0.1) is 24.8 Å². The lowest BCUT2D eigenvalue weighted by Crippen LogP contribution is -2.20. The van der Waals surface area contributed by atoms with E-state index in [-0.39, 0.29) is 28.9 Å². The monoisotopic (exact) mass is 472 g/mol. The Morgan fingerprint density at radius 1 is 1.36 bits per heavy atom. The number of aromatic nitrogens is 3. The van der Waals surface area contributed by atoms with Crippen LogP contribution in [0.2, 0.25) is 0 Å². The SMILES string of the molecule is CCOC(=O)c1c(C)n(C)c2ccc(OC)c(N=Cc3c(O)n([C@@H](C)CC)c(=S)[nH]c3=O)c12. The molecule has 0 unspecified atom stereocenters. The molecular formula is C23H28N4O5S. The Hall–Kier alpha value is -3.40. The minimum absolute atomic E-state index is 0.0479. The summed E-state index contributed by atoms with van der Waals surface area (Å²) >= 11 is 5.23. The van der Waals surface area contributed by atoms with Gasteiger partial charge in [-0.1, -0.05) is 6.92 Å². The first-order chi connectivity index (χ1) is 15.7. The topological polar surface area (TPSA) is 111 Å². The quantitative estimate of drug-likeness (QED) is 0.301. The molecule has 33 heavy (non-hydrogen) atoms. The van der Waals surface area contributed by atoms with Gasteiger partial charge >= 0.3 is 5.97 Å². The van der Waals surface area contributed by atoms with E-state index in [1.807, 2.05) is 38.5 Å². The van der Waals surface area contributed by atoms with Crippen LogP contribution in [-0.2, 0) is 11.8 Å².